The molecule has 8 heteroatoms. The van der Waals surface area contributed by atoms with Crippen LogP contribution in [0, 0.1) is 0 Å². The fraction of sp³-hybridized carbons (Fsp3) is 0.538. The van der Waals surface area contributed by atoms with Crippen molar-refractivity contribution in [3.8, 4) is 5.75 Å². The van der Waals surface area contributed by atoms with Gasteiger partial charge in [-0.15, -0.1) is 24.8 Å². The van der Waals surface area contributed by atoms with Gasteiger partial charge in [0.2, 0.25) is 0 Å². The molecule has 1 fully saturated rings. The fourth-order valence-electron chi connectivity index (χ4n) is 2.33. The van der Waals surface area contributed by atoms with Crippen LogP contribution in [0.5, 0.6) is 5.75 Å². The van der Waals surface area contributed by atoms with E-state index in [0.717, 1.165) is 44.4 Å². The number of alkyl halides is 3. The second-order valence-electron chi connectivity index (χ2n) is 4.73. The molecule has 0 spiro atoms. The first kappa shape index (κ1) is 20.3. The standard InChI is InChI=1S/C13H17F3N2O.2ClH/c1-9(18-6-4-17-5-7-18)11-8-10(13(14,15)16)2-3-12(11)19;;/h2-3,8-9,17,19H,4-7H2,1H3;2*1H/t9-;;/m1../s1. The number of aromatic hydroxyl groups is 1. The predicted octanol–water partition coefficient (Wildman–Crippen LogP) is 3.22. The van der Waals surface area contributed by atoms with Gasteiger partial charge in [0.1, 0.15) is 5.75 Å². The van der Waals surface area contributed by atoms with E-state index in [1.807, 2.05) is 6.92 Å². The lowest BCUT2D eigenvalue weighted by atomic mass is 10.0. The number of hydrogen-bond acceptors (Lipinski definition) is 3. The Morgan fingerprint density at radius 3 is 2.29 bits per heavy atom. The second-order valence-corrected chi connectivity index (χ2v) is 4.73. The number of nitrogens with zero attached hydrogens (tertiary/aromatic N) is 1. The molecule has 3 nitrogen and oxygen atoms in total. The Hall–Kier alpha value is -0.690. The van der Waals surface area contributed by atoms with Crippen LogP contribution in [0.2, 0.25) is 0 Å². The number of hydrogen-bond donors (Lipinski definition) is 2. The van der Waals surface area contributed by atoms with E-state index in [2.05, 4.69) is 10.2 Å². The van der Waals surface area contributed by atoms with E-state index in [4.69, 9.17) is 0 Å². The maximum Gasteiger partial charge on any atom is 0.416 e. The molecule has 1 aliphatic heterocycles. The molecule has 0 aliphatic carbocycles. The first-order chi connectivity index (χ1) is 8.89. The van der Waals surface area contributed by atoms with Gasteiger partial charge >= 0.3 is 6.18 Å². The van der Waals surface area contributed by atoms with Crippen LogP contribution in [0.25, 0.3) is 0 Å². The molecule has 1 aromatic carbocycles. The zero-order valence-corrected chi connectivity index (χ0v) is 13.1. The third-order valence-corrected chi connectivity index (χ3v) is 3.50. The van der Waals surface area contributed by atoms with Crippen LogP contribution >= 0.6 is 24.8 Å². The van der Waals surface area contributed by atoms with Crippen molar-refractivity contribution in [3.63, 3.8) is 0 Å². The summed E-state index contributed by atoms with van der Waals surface area (Å²) in [6, 6.07) is 2.84. The Morgan fingerprint density at radius 1 is 1.19 bits per heavy atom. The van der Waals surface area contributed by atoms with Crippen molar-refractivity contribution >= 4 is 24.8 Å². The van der Waals surface area contributed by atoms with E-state index in [1.165, 1.54) is 0 Å². The van der Waals surface area contributed by atoms with Crippen molar-refractivity contribution in [2.75, 3.05) is 26.2 Å². The summed E-state index contributed by atoms with van der Waals surface area (Å²) in [5, 5.41) is 13.0. The highest BCUT2D eigenvalue weighted by atomic mass is 35.5. The number of benzene rings is 1. The zero-order valence-electron chi connectivity index (χ0n) is 11.5. The topological polar surface area (TPSA) is 35.5 Å². The number of halogens is 5. The molecule has 1 saturated heterocycles. The summed E-state index contributed by atoms with van der Waals surface area (Å²) >= 11 is 0. The summed E-state index contributed by atoms with van der Waals surface area (Å²) < 4.78 is 38.1. The molecule has 0 aromatic heterocycles. The average molecular weight is 347 g/mol. The minimum atomic E-state index is -4.38. The van der Waals surface area contributed by atoms with E-state index < -0.39 is 11.7 Å². The van der Waals surface area contributed by atoms with Crippen LogP contribution < -0.4 is 5.32 Å². The van der Waals surface area contributed by atoms with Crippen molar-refractivity contribution in [1.29, 1.82) is 0 Å². The molecular formula is C13H19Cl2F3N2O. The molecule has 122 valence electrons. The van der Waals surface area contributed by atoms with Crippen molar-refractivity contribution in [2.24, 2.45) is 0 Å². The zero-order chi connectivity index (χ0) is 14.0. The lowest BCUT2D eigenvalue weighted by Gasteiger charge is -2.33. The molecule has 1 aliphatic rings. The van der Waals surface area contributed by atoms with Crippen LogP contribution in [0.1, 0.15) is 24.1 Å². The smallest absolute Gasteiger partial charge is 0.416 e. The first-order valence-electron chi connectivity index (χ1n) is 6.24. The van der Waals surface area contributed by atoms with Crippen LogP contribution in [0.3, 0.4) is 0 Å². The quantitative estimate of drug-likeness (QED) is 0.862. The van der Waals surface area contributed by atoms with Gasteiger partial charge < -0.3 is 10.4 Å². The van der Waals surface area contributed by atoms with Crippen molar-refractivity contribution in [2.45, 2.75) is 19.1 Å². The lowest BCUT2D eigenvalue weighted by Crippen LogP contribution is -2.44. The minimum Gasteiger partial charge on any atom is -0.508 e. The lowest BCUT2D eigenvalue weighted by molar-refractivity contribution is -0.137. The number of phenols is 1. The monoisotopic (exact) mass is 346 g/mol. The molecule has 1 heterocycles. The fourth-order valence-corrected chi connectivity index (χ4v) is 2.33. The van der Waals surface area contributed by atoms with Gasteiger partial charge in [0, 0.05) is 37.8 Å². The van der Waals surface area contributed by atoms with Gasteiger partial charge in [-0.05, 0) is 25.1 Å². The van der Waals surface area contributed by atoms with Gasteiger partial charge in [0.25, 0.3) is 0 Å². The van der Waals surface area contributed by atoms with Crippen LogP contribution in [0.4, 0.5) is 13.2 Å². The molecule has 1 atom stereocenters. The van der Waals surface area contributed by atoms with Crippen LogP contribution in [-0.2, 0) is 6.18 Å². The third kappa shape index (κ3) is 4.92. The molecule has 0 bridgehead atoms. The predicted molar refractivity (Wildman–Crippen MR) is 80.5 cm³/mol. The molecule has 0 radical (unpaired) electrons. The number of piperazine rings is 1. The Labute approximate surface area is 134 Å². The normalized spacial score (nSPS) is 17.5. The number of rotatable bonds is 2. The molecule has 0 amide bonds. The molecule has 1 aromatic rings. The second kappa shape index (κ2) is 8.08. The highest BCUT2D eigenvalue weighted by molar-refractivity contribution is 5.85. The summed E-state index contributed by atoms with van der Waals surface area (Å²) in [5.74, 6) is -0.0842. The Kier molecular flexibility index (Phi) is 7.81. The third-order valence-electron chi connectivity index (χ3n) is 3.50. The molecule has 21 heavy (non-hydrogen) atoms. The van der Waals surface area contributed by atoms with E-state index >= 15 is 0 Å². The van der Waals surface area contributed by atoms with Gasteiger partial charge in [-0.2, -0.15) is 13.2 Å². The van der Waals surface area contributed by atoms with Gasteiger partial charge in [-0.25, -0.2) is 0 Å². The van der Waals surface area contributed by atoms with Gasteiger partial charge in [-0.1, -0.05) is 0 Å². The maximum atomic E-state index is 12.7. The van der Waals surface area contributed by atoms with Crippen molar-refractivity contribution in [3.05, 3.63) is 29.3 Å². The Morgan fingerprint density at radius 2 is 1.76 bits per heavy atom. The summed E-state index contributed by atoms with van der Waals surface area (Å²) in [4.78, 5) is 2.06. The highest BCUT2D eigenvalue weighted by Crippen LogP contribution is 2.35. The first-order valence-corrected chi connectivity index (χ1v) is 6.24. The van der Waals surface area contributed by atoms with Gasteiger partial charge in [0.05, 0.1) is 5.56 Å². The summed E-state index contributed by atoms with van der Waals surface area (Å²) in [6.07, 6.45) is -4.38. The van der Waals surface area contributed by atoms with Crippen LogP contribution in [0.15, 0.2) is 18.2 Å². The average Bonchev–Trinajstić information content (AvgIpc) is 2.38. The molecule has 2 N–H and O–H groups in total. The van der Waals surface area contributed by atoms with Crippen molar-refractivity contribution in [1.82, 2.24) is 10.2 Å². The van der Waals surface area contributed by atoms with Gasteiger partial charge in [-0.3, -0.25) is 4.90 Å². The Balaban J connectivity index is 0.00000200. The molecule has 0 saturated carbocycles. The van der Waals surface area contributed by atoms with E-state index in [0.29, 0.717) is 5.56 Å². The van der Waals surface area contributed by atoms with Crippen molar-refractivity contribution < 1.29 is 18.3 Å². The summed E-state index contributed by atoms with van der Waals surface area (Å²) in [7, 11) is 0. The van der Waals surface area contributed by atoms with Gasteiger partial charge in [0.15, 0.2) is 0 Å². The number of phenolic OH excluding ortho intramolecular Hbond substituents is 1. The number of nitrogens with one attached hydrogen (secondary N) is 1. The van der Waals surface area contributed by atoms with E-state index in [1.54, 1.807) is 0 Å². The van der Waals surface area contributed by atoms with E-state index in [-0.39, 0.29) is 36.6 Å². The highest BCUT2D eigenvalue weighted by Gasteiger charge is 2.32. The van der Waals surface area contributed by atoms with Crippen LogP contribution in [-0.4, -0.2) is 36.2 Å². The SMILES string of the molecule is C[C@H](c1cc(C(F)(F)F)ccc1O)N1CCNCC1.Cl.Cl. The molecular weight excluding hydrogens is 328 g/mol. The molecule has 2 rings (SSSR count). The van der Waals surface area contributed by atoms with E-state index in [9.17, 15) is 18.3 Å². The largest absolute Gasteiger partial charge is 0.508 e. The maximum absolute atomic E-state index is 12.7. The molecule has 0 unspecified atom stereocenters. The summed E-state index contributed by atoms with van der Waals surface area (Å²) in [6.45, 7) is 4.96. The minimum absolute atomic E-state index is 0. The Bertz CT molecular complexity index is 452. The summed E-state index contributed by atoms with van der Waals surface area (Å²) in [5.41, 5.74) is -0.390.